The van der Waals surface area contributed by atoms with Crippen LogP contribution in [0.2, 0.25) is 0 Å². The van der Waals surface area contributed by atoms with Gasteiger partial charge in [0.15, 0.2) is 3.95 Å². The molecule has 0 fully saturated rings. The van der Waals surface area contributed by atoms with E-state index >= 15 is 0 Å². The molecule has 0 aliphatic heterocycles. The van der Waals surface area contributed by atoms with E-state index in [1.807, 2.05) is 42.5 Å². The normalized spacial score (nSPS) is 11.4. The molecule has 2 aromatic heterocycles. The molecule has 0 aliphatic rings. The molecule has 3 aromatic rings. The third kappa shape index (κ3) is 5.96. The van der Waals surface area contributed by atoms with Crippen LogP contribution in [0.3, 0.4) is 0 Å². The number of benzene rings is 1. The highest BCUT2D eigenvalue weighted by Crippen LogP contribution is 2.11. The molecule has 1 aromatic carbocycles. The fourth-order valence-corrected chi connectivity index (χ4v) is 3.22. The largest absolute Gasteiger partial charge is 0.349 e. The number of carbonyl (C=O) groups excluding carboxylic acids is 2. The highest BCUT2D eigenvalue weighted by molar-refractivity contribution is 7.73. The van der Waals surface area contributed by atoms with Crippen LogP contribution >= 0.6 is 23.6 Å². The summed E-state index contributed by atoms with van der Waals surface area (Å²) in [5, 5.41) is 14.9. The Hall–Kier alpha value is -3.11. The number of aromatic nitrogens is 3. The maximum Gasteiger partial charge on any atom is 0.321 e. The van der Waals surface area contributed by atoms with Crippen LogP contribution in [-0.4, -0.2) is 33.2 Å². The standard InChI is InChI=1S/C18H18N6O2S2/c25-15(20-11-13-8-4-5-9-19-13)14(10-12-6-2-1-3-7-12)21-16(26)22-17-23-24-18(27)28-17/h1-9,14H,10-11H2,(H,20,25)(H,24,27)(H2,21,22,23,26)/t14-/m0/s1. The lowest BCUT2D eigenvalue weighted by molar-refractivity contribution is -0.123. The highest BCUT2D eigenvalue weighted by Gasteiger charge is 2.21. The van der Waals surface area contributed by atoms with Gasteiger partial charge in [-0.15, -0.1) is 5.10 Å². The molecule has 0 saturated heterocycles. The zero-order chi connectivity index (χ0) is 19.8. The van der Waals surface area contributed by atoms with Gasteiger partial charge < -0.3 is 10.6 Å². The second kappa shape index (κ2) is 9.72. The average molecular weight is 415 g/mol. The predicted molar refractivity (Wildman–Crippen MR) is 109 cm³/mol. The van der Waals surface area contributed by atoms with Gasteiger partial charge in [-0.2, -0.15) is 0 Å². The molecular weight excluding hydrogens is 396 g/mol. The summed E-state index contributed by atoms with van der Waals surface area (Å²) in [6, 6.07) is 13.6. The number of aromatic amines is 1. The summed E-state index contributed by atoms with van der Waals surface area (Å²) in [6.07, 6.45) is 2.01. The van der Waals surface area contributed by atoms with Crippen molar-refractivity contribution < 1.29 is 9.59 Å². The van der Waals surface area contributed by atoms with Crippen molar-refractivity contribution in [2.75, 3.05) is 5.32 Å². The summed E-state index contributed by atoms with van der Waals surface area (Å²) in [5.41, 5.74) is 1.66. The fourth-order valence-electron chi connectivity index (χ4n) is 2.44. The molecule has 0 saturated carbocycles. The molecule has 3 amide bonds. The third-order valence-corrected chi connectivity index (χ3v) is 4.74. The average Bonchev–Trinajstić information content (AvgIpc) is 3.11. The Kier molecular flexibility index (Phi) is 6.82. The van der Waals surface area contributed by atoms with Gasteiger partial charge >= 0.3 is 6.03 Å². The van der Waals surface area contributed by atoms with Gasteiger partial charge in [-0.05, 0) is 29.9 Å². The van der Waals surface area contributed by atoms with Crippen molar-refractivity contribution >= 4 is 40.6 Å². The summed E-state index contributed by atoms with van der Waals surface area (Å²) >= 11 is 6.07. The first-order valence-electron chi connectivity index (χ1n) is 8.45. The second-order valence-electron chi connectivity index (χ2n) is 5.80. The zero-order valence-corrected chi connectivity index (χ0v) is 16.3. The molecule has 10 heteroatoms. The van der Waals surface area contributed by atoms with Gasteiger partial charge in [-0.1, -0.05) is 47.7 Å². The zero-order valence-electron chi connectivity index (χ0n) is 14.7. The lowest BCUT2D eigenvalue weighted by atomic mass is 10.1. The number of hydrogen-bond acceptors (Lipinski definition) is 6. The third-order valence-electron chi connectivity index (χ3n) is 3.73. The molecule has 144 valence electrons. The van der Waals surface area contributed by atoms with Crippen molar-refractivity contribution in [1.82, 2.24) is 25.8 Å². The Morgan fingerprint density at radius 2 is 1.93 bits per heavy atom. The van der Waals surface area contributed by atoms with Crippen LogP contribution in [0, 0.1) is 3.95 Å². The minimum absolute atomic E-state index is 0.273. The first-order valence-corrected chi connectivity index (χ1v) is 9.67. The van der Waals surface area contributed by atoms with Crippen LogP contribution in [-0.2, 0) is 17.8 Å². The number of urea groups is 1. The van der Waals surface area contributed by atoms with E-state index in [4.69, 9.17) is 12.2 Å². The molecule has 0 radical (unpaired) electrons. The van der Waals surface area contributed by atoms with E-state index in [9.17, 15) is 9.59 Å². The van der Waals surface area contributed by atoms with Crippen LogP contribution in [0.4, 0.5) is 9.93 Å². The Bertz CT molecular complexity index is 974. The van der Waals surface area contributed by atoms with Crippen molar-refractivity contribution in [3.63, 3.8) is 0 Å². The Morgan fingerprint density at radius 3 is 2.61 bits per heavy atom. The van der Waals surface area contributed by atoms with E-state index in [-0.39, 0.29) is 12.5 Å². The SMILES string of the molecule is O=C(Nc1n[nH]c(=S)s1)N[C@@H](Cc1ccccc1)C(=O)NCc1ccccn1. The molecule has 0 spiro atoms. The van der Waals surface area contributed by atoms with E-state index in [2.05, 4.69) is 31.1 Å². The predicted octanol–water partition coefficient (Wildman–Crippen LogP) is 2.64. The van der Waals surface area contributed by atoms with Gasteiger partial charge in [0.1, 0.15) is 6.04 Å². The van der Waals surface area contributed by atoms with E-state index < -0.39 is 12.1 Å². The van der Waals surface area contributed by atoms with Crippen molar-refractivity contribution in [2.24, 2.45) is 0 Å². The van der Waals surface area contributed by atoms with Crippen LogP contribution in [0.15, 0.2) is 54.7 Å². The fraction of sp³-hybridized carbons (Fsp3) is 0.167. The van der Waals surface area contributed by atoms with Gasteiger partial charge in [0.05, 0.1) is 12.2 Å². The Morgan fingerprint density at radius 1 is 1.14 bits per heavy atom. The quantitative estimate of drug-likeness (QED) is 0.444. The summed E-state index contributed by atoms with van der Waals surface area (Å²) in [7, 11) is 0. The molecule has 4 N–H and O–H groups in total. The van der Waals surface area contributed by atoms with E-state index in [1.165, 1.54) is 0 Å². The lowest BCUT2D eigenvalue weighted by Crippen LogP contribution is -2.49. The molecule has 3 rings (SSSR count). The Labute approximate surface area is 170 Å². The van der Waals surface area contributed by atoms with Crippen molar-refractivity contribution in [3.8, 4) is 0 Å². The van der Waals surface area contributed by atoms with Gasteiger partial charge in [-0.25, -0.2) is 4.79 Å². The van der Waals surface area contributed by atoms with Gasteiger partial charge in [0.25, 0.3) is 0 Å². The second-order valence-corrected chi connectivity index (χ2v) is 7.46. The minimum Gasteiger partial charge on any atom is -0.349 e. The van der Waals surface area contributed by atoms with Crippen LogP contribution in [0.25, 0.3) is 0 Å². The van der Waals surface area contributed by atoms with E-state index in [0.717, 1.165) is 22.6 Å². The molecule has 0 unspecified atom stereocenters. The van der Waals surface area contributed by atoms with Crippen LogP contribution in [0.1, 0.15) is 11.3 Å². The summed E-state index contributed by atoms with van der Waals surface area (Å²) in [5.74, 6) is -0.306. The monoisotopic (exact) mass is 414 g/mol. The number of amides is 3. The number of H-pyrrole nitrogens is 1. The smallest absolute Gasteiger partial charge is 0.321 e. The summed E-state index contributed by atoms with van der Waals surface area (Å²) in [6.45, 7) is 0.273. The first-order chi connectivity index (χ1) is 13.6. The summed E-state index contributed by atoms with van der Waals surface area (Å²) in [4.78, 5) is 29.2. The number of pyridine rings is 1. The Balaban J connectivity index is 1.65. The van der Waals surface area contributed by atoms with Gasteiger partial charge in [-0.3, -0.25) is 20.2 Å². The number of nitrogens with zero attached hydrogens (tertiary/aromatic N) is 2. The highest BCUT2D eigenvalue weighted by atomic mass is 32.1. The maximum atomic E-state index is 12.7. The van der Waals surface area contributed by atoms with Crippen molar-refractivity contribution in [3.05, 3.63) is 69.9 Å². The molecule has 8 nitrogen and oxygen atoms in total. The van der Waals surface area contributed by atoms with E-state index in [1.54, 1.807) is 12.3 Å². The maximum absolute atomic E-state index is 12.7. The van der Waals surface area contributed by atoms with Crippen LogP contribution < -0.4 is 16.0 Å². The molecule has 0 aliphatic carbocycles. The topological polar surface area (TPSA) is 112 Å². The number of rotatable bonds is 7. The van der Waals surface area contributed by atoms with Gasteiger partial charge in [0, 0.05) is 12.6 Å². The number of nitrogens with one attached hydrogen (secondary N) is 4. The number of anilines is 1. The van der Waals surface area contributed by atoms with Crippen molar-refractivity contribution in [2.45, 2.75) is 19.0 Å². The first kappa shape index (κ1) is 19.6. The summed E-state index contributed by atoms with van der Waals surface area (Å²) < 4.78 is 0.448. The molecular formula is C18H18N6O2S2. The number of carbonyl (C=O) groups is 2. The van der Waals surface area contributed by atoms with E-state index in [0.29, 0.717) is 15.5 Å². The lowest BCUT2D eigenvalue weighted by Gasteiger charge is -2.18. The number of hydrogen-bond donors (Lipinski definition) is 4. The molecule has 28 heavy (non-hydrogen) atoms. The van der Waals surface area contributed by atoms with Crippen molar-refractivity contribution in [1.29, 1.82) is 0 Å². The van der Waals surface area contributed by atoms with Crippen LogP contribution in [0.5, 0.6) is 0 Å². The van der Waals surface area contributed by atoms with Gasteiger partial charge in [0.2, 0.25) is 11.0 Å². The molecule has 0 bridgehead atoms. The minimum atomic E-state index is -0.766. The molecule has 1 atom stereocenters. The molecule has 2 heterocycles.